The van der Waals surface area contributed by atoms with Crippen LogP contribution in [0.2, 0.25) is 5.02 Å². The van der Waals surface area contributed by atoms with Gasteiger partial charge in [-0.1, -0.05) is 24.9 Å². The summed E-state index contributed by atoms with van der Waals surface area (Å²) in [6, 6.07) is 3.87. The number of amides is 1. The minimum Gasteiger partial charge on any atom is -0.351 e. The van der Waals surface area contributed by atoms with Gasteiger partial charge in [0.05, 0.1) is 15.5 Å². The predicted molar refractivity (Wildman–Crippen MR) is 81.7 cm³/mol. The van der Waals surface area contributed by atoms with Crippen molar-refractivity contribution in [2.24, 2.45) is 10.6 Å². The highest BCUT2D eigenvalue weighted by Crippen LogP contribution is 2.43. The van der Waals surface area contributed by atoms with Crippen molar-refractivity contribution in [2.75, 3.05) is 6.54 Å². The Morgan fingerprint density at radius 2 is 2.10 bits per heavy atom. The van der Waals surface area contributed by atoms with Crippen LogP contribution in [0.5, 0.6) is 0 Å². The Kier molecular flexibility index (Phi) is 4.60. The summed E-state index contributed by atoms with van der Waals surface area (Å²) in [5, 5.41) is 8.13. The molecule has 0 spiro atoms. The predicted octanol–water partition coefficient (Wildman–Crippen LogP) is 2.30. The van der Waals surface area contributed by atoms with Crippen LogP contribution in [0.4, 0.5) is 0 Å². The van der Waals surface area contributed by atoms with Gasteiger partial charge >= 0.3 is 0 Å². The molecule has 0 bridgehead atoms. The Morgan fingerprint density at radius 1 is 1.43 bits per heavy atom. The van der Waals surface area contributed by atoms with E-state index >= 15 is 0 Å². The van der Waals surface area contributed by atoms with Crippen LogP contribution in [-0.2, 0) is 10.0 Å². The molecule has 116 valence electrons. The van der Waals surface area contributed by atoms with Gasteiger partial charge in [0, 0.05) is 6.54 Å². The number of carbonyl (C=O) groups is 1. The molecule has 0 unspecified atom stereocenters. The summed E-state index contributed by atoms with van der Waals surface area (Å²) in [5.41, 5.74) is 0.313. The van der Waals surface area contributed by atoms with Crippen molar-refractivity contribution in [3.63, 3.8) is 0 Å². The number of nitrogens with one attached hydrogen (secondary N) is 1. The van der Waals surface area contributed by atoms with Crippen LogP contribution in [-0.4, -0.2) is 20.9 Å². The fraction of sp³-hybridized carbons (Fsp3) is 0.500. The third kappa shape index (κ3) is 3.56. The number of hydrogen-bond acceptors (Lipinski definition) is 3. The number of halogens is 1. The van der Waals surface area contributed by atoms with E-state index in [2.05, 4.69) is 12.2 Å². The van der Waals surface area contributed by atoms with Crippen LogP contribution in [0.25, 0.3) is 0 Å². The van der Waals surface area contributed by atoms with E-state index in [0.29, 0.717) is 6.54 Å². The van der Waals surface area contributed by atoms with Crippen molar-refractivity contribution in [3.8, 4) is 0 Å². The lowest BCUT2D eigenvalue weighted by molar-refractivity contribution is 0.0850. The second-order valence-corrected chi connectivity index (χ2v) is 7.55. The summed E-state index contributed by atoms with van der Waals surface area (Å²) in [6.45, 7) is 2.69. The molecule has 1 aromatic rings. The first-order valence-electron chi connectivity index (χ1n) is 6.88. The van der Waals surface area contributed by atoms with Crippen molar-refractivity contribution >= 4 is 27.5 Å². The van der Waals surface area contributed by atoms with Gasteiger partial charge in [0.2, 0.25) is 10.0 Å². The van der Waals surface area contributed by atoms with Crippen LogP contribution in [0.15, 0.2) is 23.1 Å². The zero-order valence-electron chi connectivity index (χ0n) is 11.9. The van der Waals surface area contributed by atoms with E-state index in [1.165, 1.54) is 24.6 Å². The largest absolute Gasteiger partial charge is 0.351 e. The Labute approximate surface area is 129 Å². The highest BCUT2D eigenvalue weighted by molar-refractivity contribution is 7.89. The van der Waals surface area contributed by atoms with Gasteiger partial charge in [-0.3, -0.25) is 4.79 Å². The molecule has 5 nitrogen and oxygen atoms in total. The molecule has 1 fully saturated rings. The molecule has 0 radical (unpaired) electrons. The average molecular weight is 331 g/mol. The topological polar surface area (TPSA) is 89.3 Å². The maximum absolute atomic E-state index is 12.2. The van der Waals surface area contributed by atoms with E-state index in [1.54, 1.807) is 0 Å². The van der Waals surface area contributed by atoms with E-state index in [1.807, 2.05) is 0 Å². The Balaban J connectivity index is 2.15. The van der Waals surface area contributed by atoms with E-state index in [0.717, 1.165) is 19.3 Å². The third-order valence-electron chi connectivity index (χ3n) is 4.30. The first kappa shape index (κ1) is 16.3. The number of sulfonamides is 1. The third-order valence-corrected chi connectivity index (χ3v) is 5.54. The second-order valence-electron chi connectivity index (χ2n) is 5.58. The zero-order valence-corrected chi connectivity index (χ0v) is 13.4. The van der Waals surface area contributed by atoms with Gasteiger partial charge in [0.25, 0.3) is 5.91 Å². The van der Waals surface area contributed by atoms with Crippen molar-refractivity contribution in [1.82, 2.24) is 5.32 Å². The molecular formula is C14H19ClN2O3S. The summed E-state index contributed by atoms with van der Waals surface area (Å²) in [6.07, 6.45) is 4.41. The van der Waals surface area contributed by atoms with Gasteiger partial charge in [-0.15, -0.1) is 0 Å². The molecule has 1 aliphatic carbocycles. The minimum atomic E-state index is -3.86. The summed E-state index contributed by atoms with van der Waals surface area (Å²) < 4.78 is 22.7. The fourth-order valence-electron chi connectivity index (χ4n) is 2.55. The fourth-order valence-corrected chi connectivity index (χ4v) is 3.29. The first-order chi connectivity index (χ1) is 9.77. The van der Waals surface area contributed by atoms with Crippen molar-refractivity contribution < 1.29 is 13.2 Å². The molecule has 1 amide bonds. The number of hydrogen-bond donors (Lipinski definition) is 2. The summed E-state index contributed by atoms with van der Waals surface area (Å²) in [4.78, 5) is 12.1. The molecule has 21 heavy (non-hydrogen) atoms. The van der Waals surface area contributed by atoms with Gasteiger partial charge in [-0.25, -0.2) is 13.6 Å². The Bertz CT molecular complexity index is 649. The first-order valence-corrected chi connectivity index (χ1v) is 8.80. The monoisotopic (exact) mass is 330 g/mol. The van der Waals surface area contributed by atoms with Gasteiger partial charge < -0.3 is 5.32 Å². The molecule has 1 saturated carbocycles. The van der Waals surface area contributed by atoms with Crippen LogP contribution in [0.1, 0.15) is 43.0 Å². The molecule has 1 aromatic carbocycles. The lowest BCUT2D eigenvalue weighted by Gasteiger charge is -2.41. The summed E-state index contributed by atoms with van der Waals surface area (Å²) in [7, 11) is -3.86. The van der Waals surface area contributed by atoms with E-state index in [4.69, 9.17) is 16.7 Å². The second kappa shape index (κ2) is 5.94. The molecule has 3 N–H and O–H groups in total. The highest BCUT2D eigenvalue weighted by Gasteiger charge is 2.35. The van der Waals surface area contributed by atoms with Crippen LogP contribution in [0, 0.1) is 5.41 Å². The molecule has 7 heteroatoms. The number of rotatable bonds is 5. The minimum absolute atomic E-state index is 0.120. The molecule has 0 aromatic heterocycles. The van der Waals surface area contributed by atoms with E-state index < -0.39 is 10.0 Å². The summed E-state index contributed by atoms with van der Waals surface area (Å²) in [5.74, 6) is -0.370. The lowest BCUT2D eigenvalue weighted by atomic mass is 9.67. The van der Waals surface area contributed by atoms with Crippen molar-refractivity contribution in [3.05, 3.63) is 28.8 Å². The molecule has 0 atom stereocenters. The maximum atomic E-state index is 12.2. The number of carbonyl (C=O) groups excluding carboxylic acids is 1. The zero-order chi connectivity index (χ0) is 15.7. The highest BCUT2D eigenvalue weighted by atomic mass is 35.5. The smallest absolute Gasteiger partial charge is 0.252 e. The lowest BCUT2D eigenvalue weighted by Crippen LogP contribution is -2.41. The maximum Gasteiger partial charge on any atom is 0.252 e. The normalized spacial score (nSPS) is 17.1. The molecular weight excluding hydrogens is 312 g/mol. The summed E-state index contributed by atoms with van der Waals surface area (Å²) >= 11 is 5.98. The molecule has 0 aliphatic heterocycles. The van der Waals surface area contributed by atoms with Crippen LogP contribution in [0.3, 0.4) is 0 Å². The van der Waals surface area contributed by atoms with Crippen LogP contribution < -0.4 is 10.5 Å². The SMILES string of the molecule is CCC1(CNC(=O)c2cc(S(N)(=O)=O)ccc2Cl)CCC1. The van der Waals surface area contributed by atoms with E-state index in [-0.39, 0.29) is 26.8 Å². The quantitative estimate of drug-likeness (QED) is 0.868. The van der Waals surface area contributed by atoms with Gasteiger partial charge in [0.15, 0.2) is 0 Å². The average Bonchev–Trinajstić information content (AvgIpc) is 2.36. The molecule has 0 saturated heterocycles. The number of primary sulfonamides is 1. The number of benzene rings is 1. The Hall–Kier alpha value is -1.11. The van der Waals surface area contributed by atoms with E-state index in [9.17, 15) is 13.2 Å². The van der Waals surface area contributed by atoms with Crippen LogP contribution >= 0.6 is 11.6 Å². The number of nitrogens with two attached hydrogens (primary N) is 1. The molecule has 0 heterocycles. The molecule has 1 aliphatic rings. The van der Waals surface area contributed by atoms with Gasteiger partial charge in [0.1, 0.15) is 0 Å². The Morgan fingerprint density at radius 3 is 2.57 bits per heavy atom. The van der Waals surface area contributed by atoms with Gasteiger partial charge in [-0.05, 0) is 42.9 Å². The standard InChI is InChI=1S/C14H19ClN2O3S/c1-2-14(6-3-7-14)9-17-13(18)11-8-10(21(16,19)20)4-5-12(11)15/h4-5,8H,2-3,6-7,9H2,1H3,(H,17,18)(H2,16,19,20). The van der Waals surface area contributed by atoms with Crippen molar-refractivity contribution in [2.45, 2.75) is 37.5 Å². The molecule has 2 rings (SSSR count). The van der Waals surface area contributed by atoms with Gasteiger partial charge in [-0.2, -0.15) is 0 Å². The van der Waals surface area contributed by atoms with Crippen molar-refractivity contribution in [1.29, 1.82) is 0 Å².